The van der Waals surface area contributed by atoms with Crippen molar-refractivity contribution < 1.29 is 19.2 Å². The van der Waals surface area contributed by atoms with Gasteiger partial charge in [0.25, 0.3) is 11.8 Å². The zero-order chi connectivity index (χ0) is 22.7. The molecule has 4 amide bonds. The second-order valence-corrected chi connectivity index (χ2v) is 8.39. The highest BCUT2D eigenvalue weighted by atomic mass is 16.2. The number of benzene rings is 1. The largest absolute Gasteiger partial charge is 0.295 e. The van der Waals surface area contributed by atoms with Crippen LogP contribution in [0, 0.1) is 0 Å². The van der Waals surface area contributed by atoms with Crippen molar-refractivity contribution in [1.82, 2.24) is 30.2 Å². The maximum absolute atomic E-state index is 13.1. The maximum atomic E-state index is 13.1. The molecule has 1 saturated heterocycles. The van der Waals surface area contributed by atoms with Gasteiger partial charge in [0.2, 0.25) is 11.8 Å². The zero-order valence-corrected chi connectivity index (χ0v) is 17.4. The van der Waals surface area contributed by atoms with E-state index in [0.717, 1.165) is 23.4 Å². The smallest absolute Gasteiger partial charge is 0.262 e. The Labute approximate surface area is 187 Å². The number of carbonyl (C=O) groups is 4. The number of hydrogen-bond donors (Lipinski definition) is 1. The molecule has 33 heavy (non-hydrogen) atoms. The third kappa shape index (κ3) is 2.98. The molecule has 4 heterocycles. The van der Waals surface area contributed by atoms with E-state index >= 15 is 0 Å². The third-order valence-electron chi connectivity index (χ3n) is 6.49. The van der Waals surface area contributed by atoms with Crippen LogP contribution in [0.4, 0.5) is 0 Å². The molecule has 10 nitrogen and oxygen atoms in total. The first-order valence-electron chi connectivity index (χ1n) is 10.7. The van der Waals surface area contributed by atoms with Gasteiger partial charge < -0.3 is 0 Å². The lowest BCUT2D eigenvalue weighted by Crippen LogP contribution is -2.54. The van der Waals surface area contributed by atoms with E-state index in [2.05, 4.69) is 26.7 Å². The fourth-order valence-corrected chi connectivity index (χ4v) is 4.84. The Balaban J connectivity index is 1.29. The van der Waals surface area contributed by atoms with E-state index in [1.807, 2.05) is 12.3 Å². The van der Waals surface area contributed by atoms with Crippen molar-refractivity contribution in [2.45, 2.75) is 37.8 Å². The monoisotopic (exact) mass is 442 g/mol. The molecule has 3 aromatic rings. The molecule has 1 aromatic carbocycles. The highest BCUT2D eigenvalue weighted by molar-refractivity contribution is 6.23. The van der Waals surface area contributed by atoms with Gasteiger partial charge in [-0.2, -0.15) is 0 Å². The van der Waals surface area contributed by atoms with E-state index in [1.54, 1.807) is 29.1 Å². The standard InChI is InChI=1S/C23H18N6O4/c30-19-8-7-18(21(31)25-19)29-22(32)14-5-3-13(10-15(14)23(29)33)16-11-28(27-26-16)17-6-4-12-2-1-9-24-20(12)17/h1-3,5,9-11,17-18H,4,6-8H2,(H,25,30,31). The number of fused-ring (bicyclic) bond motifs is 2. The van der Waals surface area contributed by atoms with Crippen LogP contribution in [0.25, 0.3) is 11.3 Å². The summed E-state index contributed by atoms with van der Waals surface area (Å²) in [5.74, 6) is -2.12. The highest BCUT2D eigenvalue weighted by Gasteiger charge is 2.44. The van der Waals surface area contributed by atoms with Crippen LogP contribution in [0.2, 0.25) is 0 Å². The number of aryl methyl sites for hydroxylation is 1. The molecule has 0 spiro atoms. The van der Waals surface area contributed by atoms with Crippen LogP contribution in [0.3, 0.4) is 0 Å². The Hall–Kier alpha value is -4.21. The predicted molar refractivity (Wildman–Crippen MR) is 113 cm³/mol. The predicted octanol–water partition coefficient (Wildman–Crippen LogP) is 1.28. The molecule has 2 aromatic heterocycles. The first kappa shape index (κ1) is 19.5. The molecule has 1 fully saturated rings. The minimum absolute atomic E-state index is 0.00287. The van der Waals surface area contributed by atoms with Crippen molar-refractivity contribution in [3.05, 3.63) is 65.1 Å². The van der Waals surface area contributed by atoms with Crippen molar-refractivity contribution in [2.75, 3.05) is 0 Å². The minimum atomic E-state index is -0.991. The summed E-state index contributed by atoms with van der Waals surface area (Å²) in [6, 6.07) is 7.90. The lowest BCUT2D eigenvalue weighted by Gasteiger charge is -2.27. The number of amides is 4. The number of rotatable bonds is 3. The molecule has 10 heteroatoms. The number of hydrogen-bond acceptors (Lipinski definition) is 7. The average Bonchev–Trinajstić information content (AvgIpc) is 3.52. The van der Waals surface area contributed by atoms with Gasteiger partial charge in [0.15, 0.2) is 0 Å². The van der Waals surface area contributed by atoms with E-state index in [1.165, 1.54) is 5.56 Å². The van der Waals surface area contributed by atoms with Gasteiger partial charge in [-0.25, -0.2) is 4.68 Å². The SMILES string of the molecule is O=C1CCC(N2C(=O)c3ccc(-c4cn(C5CCc6cccnc65)nn4)cc3C2=O)C(=O)N1. The maximum Gasteiger partial charge on any atom is 0.262 e. The topological polar surface area (TPSA) is 127 Å². The molecule has 164 valence electrons. The van der Waals surface area contributed by atoms with Gasteiger partial charge in [0.1, 0.15) is 11.7 Å². The molecule has 3 aliphatic rings. The van der Waals surface area contributed by atoms with E-state index in [0.29, 0.717) is 11.3 Å². The molecule has 1 aliphatic carbocycles. The van der Waals surface area contributed by atoms with Crippen LogP contribution in [-0.4, -0.2) is 54.5 Å². The quantitative estimate of drug-likeness (QED) is 0.605. The van der Waals surface area contributed by atoms with Crippen LogP contribution in [0.5, 0.6) is 0 Å². The molecule has 2 unspecified atom stereocenters. The summed E-state index contributed by atoms with van der Waals surface area (Å²) < 4.78 is 1.78. The minimum Gasteiger partial charge on any atom is -0.295 e. The highest BCUT2D eigenvalue weighted by Crippen LogP contribution is 2.34. The number of nitrogens with zero attached hydrogens (tertiary/aromatic N) is 5. The number of pyridine rings is 1. The summed E-state index contributed by atoms with van der Waals surface area (Å²) in [4.78, 5) is 55.1. The second-order valence-electron chi connectivity index (χ2n) is 8.39. The zero-order valence-electron chi connectivity index (χ0n) is 17.4. The van der Waals surface area contributed by atoms with Gasteiger partial charge in [-0.3, -0.25) is 34.4 Å². The van der Waals surface area contributed by atoms with Crippen molar-refractivity contribution in [3.8, 4) is 11.3 Å². The van der Waals surface area contributed by atoms with E-state index in [4.69, 9.17) is 0 Å². The number of imide groups is 2. The van der Waals surface area contributed by atoms with Gasteiger partial charge in [-0.15, -0.1) is 5.10 Å². The molecule has 0 radical (unpaired) electrons. The Kier molecular flexibility index (Phi) is 4.22. The summed E-state index contributed by atoms with van der Waals surface area (Å²) >= 11 is 0. The first-order chi connectivity index (χ1) is 16.0. The molecule has 1 N–H and O–H groups in total. The summed E-state index contributed by atoms with van der Waals surface area (Å²) in [6.07, 6.45) is 5.59. The average molecular weight is 442 g/mol. The molecule has 6 rings (SSSR count). The molecule has 2 atom stereocenters. The number of aromatic nitrogens is 4. The Morgan fingerprint density at radius 2 is 1.76 bits per heavy atom. The lowest BCUT2D eigenvalue weighted by molar-refractivity contribution is -0.136. The van der Waals surface area contributed by atoms with Crippen molar-refractivity contribution >= 4 is 23.6 Å². The van der Waals surface area contributed by atoms with Gasteiger partial charge >= 0.3 is 0 Å². The lowest BCUT2D eigenvalue weighted by atomic mass is 10.0. The Bertz CT molecular complexity index is 1360. The van der Waals surface area contributed by atoms with Gasteiger partial charge in [-0.05, 0) is 43.0 Å². The van der Waals surface area contributed by atoms with E-state index in [-0.39, 0.29) is 30.0 Å². The fraction of sp³-hybridized carbons (Fsp3) is 0.261. The Morgan fingerprint density at radius 3 is 2.61 bits per heavy atom. The Morgan fingerprint density at radius 1 is 0.939 bits per heavy atom. The molecular formula is C23H18N6O4. The second kappa shape index (κ2) is 7.16. The summed E-state index contributed by atoms with van der Waals surface area (Å²) in [5, 5.41) is 10.8. The molecule has 0 saturated carbocycles. The normalized spacial score (nSPS) is 21.9. The van der Waals surface area contributed by atoms with Gasteiger partial charge in [0.05, 0.1) is 29.1 Å². The molecular weight excluding hydrogens is 424 g/mol. The summed E-state index contributed by atoms with van der Waals surface area (Å²) in [6.45, 7) is 0. The van der Waals surface area contributed by atoms with Crippen molar-refractivity contribution in [2.24, 2.45) is 0 Å². The number of nitrogens with one attached hydrogen (secondary N) is 1. The first-order valence-corrected chi connectivity index (χ1v) is 10.7. The van der Waals surface area contributed by atoms with Crippen LogP contribution in [-0.2, 0) is 16.0 Å². The van der Waals surface area contributed by atoms with Crippen LogP contribution in [0.15, 0.2) is 42.7 Å². The number of piperidine rings is 1. The molecule has 2 aliphatic heterocycles. The van der Waals surface area contributed by atoms with E-state index in [9.17, 15) is 19.2 Å². The fourth-order valence-electron chi connectivity index (χ4n) is 4.84. The van der Waals surface area contributed by atoms with Gasteiger partial charge in [-0.1, -0.05) is 17.3 Å². The van der Waals surface area contributed by atoms with Gasteiger partial charge in [0, 0.05) is 18.2 Å². The third-order valence-corrected chi connectivity index (χ3v) is 6.49. The van der Waals surface area contributed by atoms with Crippen LogP contribution < -0.4 is 5.32 Å². The van der Waals surface area contributed by atoms with Crippen LogP contribution in [0.1, 0.15) is 57.3 Å². The summed E-state index contributed by atoms with van der Waals surface area (Å²) in [5.41, 5.74) is 3.85. The van der Waals surface area contributed by atoms with E-state index < -0.39 is 29.7 Å². The summed E-state index contributed by atoms with van der Waals surface area (Å²) in [7, 11) is 0. The van der Waals surface area contributed by atoms with Crippen molar-refractivity contribution in [3.63, 3.8) is 0 Å². The molecule has 0 bridgehead atoms. The number of carbonyl (C=O) groups excluding carboxylic acids is 4. The van der Waals surface area contributed by atoms with Crippen molar-refractivity contribution in [1.29, 1.82) is 0 Å². The van der Waals surface area contributed by atoms with Crippen LogP contribution >= 0.6 is 0 Å².